The molecule has 148 valence electrons. The maximum Gasteiger partial charge on any atom is 0.338 e. The molecule has 0 aromatic heterocycles. The highest BCUT2D eigenvalue weighted by Gasteiger charge is 2.53. The molecule has 5 nitrogen and oxygen atoms in total. The number of hydrogen-bond donors (Lipinski definition) is 1. The van der Waals surface area contributed by atoms with Crippen molar-refractivity contribution in [2.75, 3.05) is 0 Å². The topological polar surface area (TPSA) is 65.0 Å². The van der Waals surface area contributed by atoms with E-state index in [2.05, 4.69) is 6.92 Å². The number of fused-ring (bicyclic) bond motifs is 3. The second-order valence-electron chi connectivity index (χ2n) is 7.66. The number of aliphatic hydroxyl groups is 1. The van der Waals surface area contributed by atoms with Crippen molar-refractivity contribution in [2.24, 2.45) is 0 Å². The van der Waals surface area contributed by atoms with Gasteiger partial charge in [0.2, 0.25) is 0 Å². The molecule has 0 amide bonds. The SMILES string of the molecule is CCc1ccc2c(c1)[C@H]1OC(C)(C)O[C@H]1[C@H](O)[C@@H]2OC(=O)c1cccc(Cl)c1. The normalized spacial score (nSPS) is 27.8. The number of rotatable bonds is 3. The summed E-state index contributed by atoms with van der Waals surface area (Å²) in [4.78, 5) is 12.7. The van der Waals surface area contributed by atoms with E-state index in [0.717, 1.165) is 23.1 Å². The van der Waals surface area contributed by atoms with Crippen LogP contribution in [0.15, 0.2) is 42.5 Å². The Morgan fingerprint density at radius 3 is 2.68 bits per heavy atom. The molecule has 0 unspecified atom stereocenters. The molecule has 1 aliphatic heterocycles. The number of hydrogen-bond acceptors (Lipinski definition) is 5. The molecule has 1 fully saturated rings. The second-order valence-corrected chi connectivity index (χ2v) is 8.10. The Hall–Kier alpha value is -1.92. The van der Waals surface area contributed by atoms with Crippen molar-refractivity contribution in [1.82, 2.24) is 0 Å². The summed E-state index contributed by atoms with van der Waals surface area (Å²) in [7, 11) is 0. The first-order chi connectivity index (χ1) is 13.3. The van der Waals surface area contributed by atoms with Crippen molar-refractivity contribution >= 4 is 17.6 Å². The second kappa shape index (κ2) is 7.16. The van der Waals surface area contributed by atoms with Gasteiger partial charge in [-0.2, -0.15) is 0 Å². The highest BCUT2D eigenvalue weighted by molar-refractivity contribution is 6.30. The highest BCUT2D eigenvalue weighted by Crippen LogP contribution is 2.49. The molecule has 4 atom stereocenters. The van der Waals surface area contributed by atoms with Crippen LogP contribution in [-0.4, -0.2) is 29.1 Å². The molecular formula is C22H23ClO5. The summed E-state index contributed by atoms with van der Waals surface area (Å²) in [5.74, 6) is -1.38. The van der Waals surface area contributed by atoms with Crippen molar-refractivity contribution in [3.05, 3.63) is 69.7 Å². The molecule has 2 aromatic carbocycles. The minimum absolute atomic E-state index is 0.331. The summed E-state index contributed by atoms with van der Waals surface area (Å²) in [6.07, 6.45) is -2.06. The number of halogens is 1. The molecule has 2 aliphatic rings. The van der Waals surface area contributed by atoms with Gasteiger partial charge in [0.05, 0.1) is 5.56 Å². The zero-order chi connectivity index (χ0) is 20.1. The summed E-state index contributed by atoms with van der Waals surface area (Å²) < 4.78 is 17.7. The summed E-state index contributed by atoms with van der Waals surface area (Å²) in [5.41, 5.74) is 3.10. The Bertz CT molecular complexity index is 910. The Labute approximate surface area is 169 Å². The summed E-state index contributed by atoms with van der Waals surface area (Å²) in [6, 6.07) is 12.5. The predicted octanol–water partition coefficient (Wildman–Crippen LogP) is 4.37. The fourth-order valence-electron chi connectivity index (χ4n) is 3.92. The minimum Gasteiger partial charge on any atom is -0.451 e. The molecule has 1 saturated heterocycles. The molecule has 0 bridgehead atoms. The Morgan fingerprint density at radius 2 is 1.96 bits per heavy atom. The van der Waals surface area contributed by atoms with Crippen LogP contribution in [0.2, 0.25) is 5.02 Å². The van der Waals surface area contributed by atoms with Crippen molar-refractivity contribution in [1.29, 1.82) is 0 Å². The third kappa shape index (κ3) is 3.44. The predicted molar refractivity (Wildman–Crippen MR) is 104 cm³/mol. The van der Waals surface area contributed by atoms with E-state index < -0.39 is 36.2 Å². The lowest BCUT2D eigenvalue weighted by Gasteiger charge is -2.36. The van der Waals surface area contributed by atoms with Crippen molar-refractivity contribution in [3.8, 4) is 0 Å². The molecule has 1 N–H and O–H groups in total. The van der Waals surface area contributed by atoms with Crippen molar-refractivity contribution < 1.29 is 24.1 Å². The van der Waals surface area contributed by atoms with E-state index in [1.54, 1.807) is 24.3 Å². The van der Waals surface area contributed by atoms with Gasteiger partial charge in [0.1, 0.15) is 18.3 Å². The van der Waals surface area contributed by atoms with Crippen LogP contribution in [0.4, 0.5) is 0 Å². The first-order valence-corrected chi connectivity index (χ1v) is 9.80. The Kier molecular flexibility index (Phi) is 4.96. The molecule has 1 aliphatic carbocycles. The highest BCUT2D eigenvalue weighted by atomic mass is 35.5. The Balaban J connectivity index is 1.72. The molecule has 1 heterocycles. The van der Waals surface area contributed by atoms with Crippen molar-refractivity contribution in [3.63, 3.8) is 0 Å². The van der Waals surface area contributed by atoms with E-state index in [0.29, 0.717) is 10.6 Å². The molecule has 0 radical (unpaired) electrons. The van der Waals surface area contributed by atoms with Gasteiger partial charge in [0, 0.05) is 10.6 Å². The van der Waals surface area contributed by atoms with E-state index in [1.165, 1.54) is 0 Å². The fraction of sp³-hybridized carbons (Fsp3) is 0.409. The number of aliphatic hydroxyl groups excluding tert-OH is 1. The van der Waals surface area contributed by atoms with E-state index in [-0.39, 0.29) is 0 Å². The van der Waals surface area contributed by atoms with Crippen LogP contribution in [0.3, 0.4) is 0 Å². The maximum absolute atomic E-state index is 12.7. The van der Waals surface area contributed by atoms with Gasteiger partial charge >= 0.3 is 5.97 Å². The smallest absolute Gasteiger partial charge is 0.338 e. The quantitative estimate of drug-likeness (QED) is 0.772. The third-order valence-electron chi connectivity index (χ3n) is 5.24. The first kappa shape index (κ1) is 19.4. The molecular weight excluding hydrogens is 380 g/mol. The number of esters is 1. The largest absolute Gasteiger partial charge is 0.451 e. The first-order valence-electron chi connectivity index (χ1n) is 9.42. The summed E-state index contributed by atoms with van der Waals surface area (Å²) in [6.45, 7) is 5.70. The van der Waals surface area contributed by atoms with Gasteiger partial charge in [-0.1, -0.05) is 42.8 Å². The van der Waals surface area contributed by atoms with E-state index >= 15 is 0 Å². The van der Waals surface area contributed by atoms with E-state index in [4.69, 9.17) is 25.8 Å². The van der Waals surface area contributed by atoms with E-state index in [9.17, 15) is 9.90 Å². The van der Waals surface area contributed by atoms with Gasteiger partial charge in [0.15, 0.2) is 11.9 Å². The molecule has 6 heteroatoms. The summed E-state index contributed by atoms with van der Waals surface area (Å²) >= 11 is 5.99. The number of aryl methyl sites for hydroxylation is 1. The molecule has 0 spiro atoms. The van der Waals surface area contributed by atoms with Crippen LogP contribution in [-0.2, 0) is 20.6 Å². The van der Waals surface area contributed by atoms with Crippen LogP contribution >= 0.6 is 11.6 Å². The zero-order valence-corrected chi connectivity index (χ0v) is 16.8. The van der Waals surface area contributed by atoms with Crippen LogP contribution in [0.5, 0.6) is 0 Å². The minimum atomic E-state index is -1.05. The van der Waals surface area contributed by atoms with Crippen LogP contribution in [0.1, 0.15) is 60.0 Å². The Morgan fingerprint density at radius 1 is 1.18 bits per heavy atom. The monoisotopic (exact) mass is 402 g/mol. The van der Waals surface area contributed by atoms with Crippen LogP contribution in [0, 0.1) is 0 Å². The average Bonchev–Trinajstić information content (AvgIpc) is 3.00. The third-order valence-corrected chi connectivity index (χ3v) is 5.48. The molecule has 28 heavy (non-hydrogen) atoms. The maximum atomic E-state index is 12.7. The number of benzene rings is 2. The molecule has 0 saturated carbocycles. The lowest BCUT2D eigenvalue weighted by atomic mass is 9.82. The van der Waals surface area contributed by atoms with Crippen molar-refractivity contribution in [2.45, 2.75) is 57.4 Å². The van der Waals surface area contributed by atoms with Gasteiger partial charge in [0.25, 0.3) is 0 Å². The van der Waals surface area contributed by atoms with Crippen LogP contribution < -0.4 is 0 Å². The fourth-order valence-corrected chi connectivity index (χ4v) is 4.11. The van der Waals surface area contributed by atoms with Gasteiger partial charge < -0.3 is 19.3 Å². The zero-order valence-electron chi connectivity index (χ0n) is 16.0. The number of ether oxygens (including phenoxy) is 3. The number of carbonyl (C=O) groups is 1. The average molecular weight is 403 g/mol. The van der Waals surface area contributed by atoms with Gasteiger partial charge in [-0.25, -0.2) is 4.79 Å². The molecule has 2 aromatic rings. The lowest BCUT2D eigenvalue weighted by molar-refractivity contribution is -0.161. The standard InChI is InChI=1S/C22H23ClO5/c1-4-12-8-9-15-16(10-12)19-20(28-22(2,3)27-19)17(24)18(15)26-21(25)13-6-5-7-14(23)11-13/h5-11,17-20,24H,4H2,1-3H3/t17-,18-,19-,20+/m1/s1. The lowest BCUT2D eigenvalue weighted by Crippen LogP contribution is -2.42. The van der Waals surface area contributed by atoms with Crippen LogP contribution in [0.25, 0.3) is 0 Å². The number of carbonyl (C=O) groups excluding carboxylic acids is 1. The van der Waals surface area contributed by atoms with E-state index in [1.807, 2.05) is 32.0 Å². The summed E-state index contributed by atoms with van der Waals surface area (Å²) in [5, 5.41) is 11.4. The van der Waals surface area contributed by atoms with Gasteiger partial charge in [-0.05, 0) is 49.6 Å². The van der Waals surface area contributed by atoms with Gasteiger partial charge in [-0.3, -0.25) is 0 Å². The molecule has 4 rings (SSSR count). The van der Waals surface area contributed by atoms with Gasteiger partial charge in [-0.15, -0.1) is 0 Å².